The number of benzene rings is 1. The molecule has 1 N–H and O–H groups in total. The van der Waals surface area contributed by atoms with E-state index in [1.54, 1.807) is 25.1 Å². The fourth-order valence-corrected chi connectivity index (χ4v) is 3.25. The van der Waals surface area contributed by atoms with Crippen molar-refractivity contribution in [3.63, 3.8) is 0 Å². The van der Waals surface area contributed by atoms with Crippen LogP contribution in [0, 0.1) is 0 Å². The minimum atomic E-state index is -0.832. The normalized spacial score (nSPS) is 12.0. The summed E-state index contributed by atoms with van der Waals surface area (Å²) in [7, 11) is 1.17. The Balaban J connectivity index is 2.41. The number of fused-ring (bicyclic) bond motifs is 1. The molecule has 0 saturated heterocycles. The summed E-state index contributed by atoms with van der Waals surface area (Å²) in [4.78, 5) is 40.4. The average molecular weight is 384 g/mol. The molecule has 0 spiro atoms. The van der Waals surface area contributed by atoms with Gasteiger partial charge < -0.3 is 4.74 Å². The number of carbonyl (C=O) groups is 2. The van der Waals surface area contributed by atoms with Crippen LogP contribution in [0.3, 0.4) is 0 Å². The van der Waals surface area contributed by atoms with E-state index in [0.29, 0.717) is 27.6 Å². The minimum Gasteiger partial charge on any atom is -0.453 e. The number of carbonyl (C=O) groups excluding carboxylic acids is 2. The standard InChI is InChI=1S/C16H18ClN3O4S/c1-4-7-20-14(22)11-6-5-10(17)8-12(11)18-15(20)25-9(2)13(21)19-16(23)24-3/h5-6,8-9H,4,7H2,1-3H3,(H,19,21,23)/t9-/m0/s1. The van der Waals surface area contributed by atoms with E-state index in [-0.39, 0.29) is 5.56 Å². The molecule has 0 fully saturated rings. The highest BCUT2D eigenvalue weighted by molar-refractivity contribution is 8.00. The summed E-state index contributed by atoms with van der Waals surface area (Å²) >= 11 is 7.08. The van der Waals surface area contributed by atoms with Crippen LogP contribution in [-0.2, 0) is 16.1 Å². The second-order valence-electron chi connectivity index (χ2n) is 5.25. The highest BCUT2D eigenvalue weighted by Crippen LogP contribution is 2.24. The van der Waals surface area contributed by atoms with Crippen molar-refractivity contribution in [2.75, 3.05) is 7.11 Å². The largest absolute Gasteiger partial charge is 0.453 e. The van der Waals surface area contributed by atoms with Gasteiger partial charge >= 0.3 is 6.09 Å². The van der Waals surface area contributed by atoms with Gasteiger partial charge in [-0.25, -0.2) is 9.78 Å². The molecule has 134 valence electrons. The zero-order valence-electron chi connectivity index (χ0n) is 14.0. The Hall–Kier alpha value is -2.06. The van der Waals surface area contributed by atoms with Gasteiger partial charge in [0.25, 0.3) is 5.56 Å². The molecule has 0 radical (unpaired) electrons. The third-order valence-electron chi connectivity index (χ3n) is 3.39. The number of imide groups is 1. The van der Waals surface area contributed by atoms with Gasteiger partial charge in [-0.05, 0) is 31.5 Å². The first-order valence-corrected chi connectivity index (χ1v) is 8.88. The number of nitrogens with one attached hydrogen (secondary N) is 1. The number of rotatable bonds is 5. The maximum absolute atomic E-state index is 12.7. The van der Waals surface area contributed by atoms with Crippen LogP contribution in [0.4, 0.5) is 4.79 Å². The molecule has 2 rings (SSSR count). The van der Waals surface area contributed by atoms with Crippen LogP contribution in [0.2, 0.25) is 5.02 Å². The molecule has 1 heterocycles. The molecule has 1 aromatic carbocycles. The van der Waals surface area contributed by atoms with Gasteiger partial charge in [0.05, 0.1) is 23.3 Å². The third-order valence-corrected chi connectivity index (χ3v) is 4.72. The molecule has 0 aliphatic rings. The highest BCUT2D eigenvalue weighted by atomic mass is 35.5. The summed E-state index contributed by atoms with van der Waals surface area (Å²) in [5, 5.41) is 2.79. The summed E-state index contributed by atoms with van der Waals surface area (Å²) < 4.78 is 5.94. The van der Waals surface area contributed by atoms with Crippen LogP contribution < -0.4 is 10.9 Å². The number of amides is 2. The van der Waals surface area contributed by atoms with Gasteiger partial charge in [0, 0.05) is 11.6 Å². The van der Waals surface area contributed by atoms with Gasteiger partial charge in [0.1, 0.15) is 0 Å². The van der Waals surface area contributed by atoms with E-state index in [1.165, 1.54) is 11.7 Å². The lowest BCUT2D eigenvalue weighted by molar-refractivity contribution is -0.119. The van der Waals surface area contributed by atoms with Crippen molar-refractivity contribution in [1.82, 2.24) is 14.9 Å². The number of hydrogen-bond donors (Lipinski definition) is 1. The fourth-order valence-electron chi connectivity index (χ4n) is 2.15. The summed E-state index contributed by atoms with van der Waals surface area (Å²) in [6.45, 7) is 4.03. The van der Waals surface area contributed by atoms with Crippen molar-refractivity contribution < 1.29 is 14.3 Å². The molecular weight excluding hydrogens is 366 g/mol. The maximum atomic E-state index is 12.7. The fraction of sp³-hybridized carbons (Fsp3) is 0.375. The van der Waals surface area contributed by atoms with Crippen molar-refractivity contribution >= 4 is 46.3 Å². The van der Waals surface area contributed by atoms with E-state index in [1.807, 2.05) is 6.92 Å². The number of aromatic nitrogens is 2. The van der Waals surface area contributed by atoms with Crippen molar-refractivity contribution in [1.29, 1.82) is 0 Å². The van der Waals surface area contributed by atoms with Crippen LogP contribution in [0.5, 0.6) is 0 Å². The molecular formula is C16H18ClN3O4S. The number of nitrogens with zero attached hydrogens (tertiary/aromatic N) is 2. The van der Waals surface area contributed by atoms with Crippen LogP contribution in [0.25, 0.3) is 10.9 Å². The molecule has 0 bridgehead atoms. The van der Waals surface area contributed by atoms with Crippen molar-refractivity contribution in [3.05, 3.63) is 33.6 Å². The number of halogens is 1. The van der Waals surface area contributed by atoms with E-state index in [2.05, 4.69) is 15.0 Å². The summed E-state index contributed by atoms with van der Waals surface area (Å²) in [6, 6.07) is 4.89. The second-order valence-corrected chi connectivity index (χ2v) is 7.00. The monoisotopic (exact) mass is 383 g/mol. The van der Waals surface area contributed by atoms with E-state index in [0.717, 1.165) is 18.2 Å². The lowest BCUT2D eigenvalue weighted by Crippen LogP contribution is -2.36. The molecule has 0 saturated carbocycles. The van der Waals surface area contributed by atoms with Crippen molar-refractivity contribution in [2.24, 2.45) is 0 Å². The van der Waals surface area contributed by atoms with Gasteiger partial charge in [-0.1, -0.05) is 30.3 Å². The smallest absolute Gasteiger partial charge is 0.413 e. The van der Waals surface area contributed by atoms with E-state index < -0.39 is 17.3 Å². The second kappa shape index (κ2) is 8.35. The first-order valence-electron chi connectivity index (χ1n) is 7.63. The first kappa shape index (κ1) is 19.3. The SMILES string of the molecule is CCCn1c(S[C@@H](C)C(=O)NC(=O)OC)nc2cc(Cl)ccc2c1=O. The Bertz CT molecular complexity index is 868. The molecule has 2 aromatic rings. The van der Waals surface area contributed by atoms with Gasteiger partial charge in [-0.15, -0.1) is 0 Å². The molecule has 7 nitrogen and oxygen atoms in total. The topological polar surface area (TPSA) is 90.3 Å². The maximum Gasteiger partial charge on any atom is 0.413 e. The molecule has 2 amide bonds. The molecule has 9 heteroatoms. The number of methoxy groups -OCH3 is 1. The van der Waals surface area contributed by atoms with Crippen LogP contribution >= 0.6 is 23.4 Å². The molecule has 1 aromatic heterocycles. The molecule has 1 atom stereocenters. The number of thioether (sulfide) groups is 1. The highest BCUT2D eigenvalue weighted by Gasteiger charge is 2.21. The van der Waals surface area contributed by atoms with E-state index >= 15 is 0 Å². The number of alkyl carbamates (subject to hydrolysis) is 1. The lowest BCUT2D eigenvalue weighted by atomic mass is 10.2. The van der Waals surface area contributed by atoms with Crippen LogP contribution in [0.1, 0.15) is 20.3 Å². The van der Waals surface area contributed by atoms with Crippen molar-refractivity contribution in [3.8, 4) is 0 Å². The zero-order valence-corrected chi connectivity index (χ0v) is 15.6. The van der Waals surface area contributed by atoms with Crippen molar-refractivity contribution in [2.45, 2.75) is 37.2 Å². The molecule has 0 unspecified atom stereocenters. The van der Waals surface area contributed by atoms with Gasteiger partial charge in [0.2, 0.25) is 5.91 Å². The summed E-state index contributed by atoms with van der Waals surface area (Å²) in [6.07, 6.45) is -0.0987. The predicted molar refractivity (Wildman–Crippen MR) is 97.2 cm³/mol. The Labute approximate surface area is 153 Å². The molecule has 0 aliphatic heterocycles. The van der Waals surface area contributed by atoms with Crippen LogP contribution in [-0.4, -0.2) is 33.9 Å². The molecule has 0 aliphatic carbocycles. The molecule has 25 heavy (non-hydrogen) atoms. The van der Waals surface area contributed by atoms with E-state index in [4.69, 9.17) is 11.6 Å². The van der Waals surface area contributed by atoms with E-state index in [9.17, 15) is 14.4 Å². The first-order chi connectivity index (χ1) is 11.9. The van der Waals surface area contributed by atoms with Gasteiger partial charge in [-0.2, -0.15) is 0 Å². The van der Waals surface area contributed by atoms with Gasteiger partial charge in [0.15, 0.2) is 5.16 Å². The summed E-state index contributed by atoms with van der Waals surface area (Å²) in [5.41, 5.74) is 0.277. The Morgan fingerprint density at radius 3 is 2.80 bits per heavy atom. The number of hydrogen-bond acceptors (Lipinski definition) is 6. The Morgan fingerprint density at radius 1 is 1.44 bits per heavy atom. The Kier molecular flexibility index (Phi) is 6.44. The number of ether oxygens (including phenoxy) is 1. The zero-order chi connectivity index (χ0) is 18.6. The summed E-state index contributed by atoms with van der Waals surface area (Å²) in [5.74, 6) is -0.527. The van der Waals surface area contributed by atoms with Crippen LogP contribution in [0.15, 0.2) is 28.2 Å². The van der Waals surface area contributed by atoms with Gasteiger partial charge in [-0.3, -0.25) is 19.5 Å². The Morgan fingerprint density at radius 2 is 2.16 bits per heavy atom. The quantitative estimate of drug-likeness (QED) is 0.630. The lowest BCUT2D eigenvalue weighted by Gasteiger charge is -2.15. The average Bonchev–Trinajstić information content (AvgIpc) is 2.57. The minimum absolute atomic E-state index is 0.188. The third kappa shape index (κ3) is 4.52. The predicted octanol–water partition coefficient (Wildman–Crippen LogP) is 2.82.